The molecule has 1 aromatic heterocycles. The minimum Gasteiger partial charge on any atom is -0.369 e. The molecule has 1 aliphatic rings. The Balaban J connectivity index is 2.14. The first kappa shape index (κ1) is 11.1. The predicted octanol–water partition coefficient (Wildman–Crippen LogP) is 1.82. The monoisotopic (exact) mass is 262 g/mol. The Morgan fingerprint density at radius 1 is 1.50 bits per heavy atom. The zero-order valence-corrected chi connectivity index (χ0v) is 10.5. The molecule has 0 fully saturated rings. The maximum Gasteiger partial charge on any atom is 0.228 e. The van der Waals surface area contributed by atoms with Gasteiger partial charge < -0.3 is 15.6 Å². The third kappa shape index (κ3) is 1.55. The second-order valence-electron chi connectivity index (χ2n) is 4.27. The molecule has 18 heavy (non-hydrogen) atoms. The Bertz CT molecular complexity index is 662. The minimum absolute atomic E-state index is 0.0118. The van der Waals surface area contributed by atoms with Gasteiger partial charge in [0.15, 0.2) is 5.15 Å². The topological polar surface area (TPSA) is 72.9 Å². The van der Waals surface area contributed by atoms with Crippen molar-refractivity contribution in [2.75, 3.05) is 11.1 Å². The van der Waals surface area contributed by atoms with Crippen molar-refractivity contribution in [3.63, 3.8) is 0 Å². The molecule has 1 aliphatic heterocycles. The van der Waals surface area contributed by atoms with Gasteiger partial charge in [-0.1, -0.05) is 17.7 Å². The summed E-state index contributed by atoms with van der Waals surface area (Å²) >= 11 is 6.07. The highest BCUT2D eigenvalue weighted by atomic mass is 35.5. The first-order chi connectivity index (χ1) is 8.56. The number of carbonyl (C=O) groups is 1. The van der Waals surface area contributed by atoms with Crippen molar-refractivity contribution < 1.29 is 4.79 Å². The van der Waals surface area contributed by atoms with Gasteiger partial charge in [0.1, 0.15) is 0 Å². The summed E-state index contributed by atoms with van der Waals surface area (Å²) in [4.78, 5) is 15.3. The molecule has 0 unspecified atom stereocenters. The number of rotatable bonds is 1. The van der Waals surface area contributed by atoms with E-state index in [0.29, 0.717) is 17.5 Å². The van der Waals surface area contributed by atoms with Crippen LogP contribution in [0.15, 0.2) is 18.2 Å². The van der Waals surface area contributed by atoms with Gasteiger partial charge in [0, 0.05) is 18.3 Å². The van der Waals surface area contributed by atoms with E-state index >= 15 is 0 Å². The molecule has 0 saturated carbocycles. The number of nitrogen functional groups attached to an aromatic ring is 1. The smallest absolute Gasteiger partial charge is 0.228 e. The normalized spacial score (nSPS) is 13.6. The van der Waals surface area contributed by atoms with Crippen LogP contribution >= 0.6 is 11.6 Å². The molecule has 0 aliphatic carbocycles. The van der Waals surface area contributed by atoms with Gasteiger partial charge in [0.05, 0.1) is 12.1 Å². The minimum atomic E-state index is 0.0118. The Labute approximate surface area is 109 Å². The lowest BCUT2D eigenvalue weighted by atomic mass is 10.1. The summed E-state index contributed by atoms with van der Waals surface area (Å²) in [6.07, 6.45) is 0.397. The number of nitrogens with zero attached hydrogens (tertiary/aromatic N) is 2. The van der Waals surface area contributed by atoms with Crippen molar-refractivity contribution in [2.24, 2.45) is 7.05 Å². The number of halogens is 1. The van der Waals surface area contributed by atoms with E-state index < -0.39 is 0 Å². The molecule has 0 saturated heterocycles. The van der Waals surface area contributed by atoms with Crippen LogP contribution in [-0.2, 0) is 18.3 Å². The van der Waals surface area contributed by atoms with Crippen LogP contribution in [0, 0.1) is 0 Å². The quantitative estimate of drug-likeness (QED) is 0.823. The third-order valence-corrected chi connectivity index (χ3v) is 3.35. The Morgan fingerprint density at radius 2 is 2.28 bits per heavy atom. The molecule has 0 spiro atoms. The van der Waals surface area contributed by atoms with Crippen molar-refractivity contribution in [3.05, 3.63) is 28.9 Å². The Morgan fingerprint density at radius 3 is 2.94 bits per heavy atom. The lowest BCUT2D eigenvalue weighted by Crippen LogP contribution is -2.03. The standard InChI is InChI=1S/C12H11ClN4O/c1-17-10(11(13)16-12(17)14)6-2-3-8-7(4-6)5-9(18)15-8/h2-4H,5H2,1H3,(H2,14,16)(H,15,18). The molecular weight excluding hydrogens is 252 g/mol. The fourth-order valence-corrected chi connectivity index (χ4v) is 2.49. The average molecular weight is 263 g/mol. The van der Waals surface area contributed by atoms with E-state index in [0.717, 1.165) is 22.5 Å². The molecule has 92 valence electrons. The molecule has 1 aromatic carbocycles. The number of fused-ring (bicyclic) bond motifs is 1. The van der Waals surface area contributed by atoms with E-state index in [9.17, 15) is 4.79 Å². The van der Waals surface area contributed by atoms with Crippen LogP contribution in [-0.4, -0.2) is 15.5 Å². The van der Waals surface area contributed by atoms with Gasteiger partial charge in [0.2, 0.25) is 11.9 Å². The number of carbonyl (C=O) groups excluding carboxylic acids is 1. The first-order valence-corrected chi connectivity index (χ1v) is 5.85. The summed E-state index contributed by atoms with van der Waals surface area (Å²) in [5.74, 6) is 0.377. The van der Waals surface area contributed by atoms with Gasteiger partial charge in [-0.25, -0.2) is 4.98 Å². The lowest BCUT2D eigenvalue weighted by molar-refractivity contribution is -0.115. The van der Waals surface area contributed by atoms with Crippen LogP contribution in [0.3, 0.4) is 0 Å². The van der Waals surface area contributed by atoms with E-state index in [1.807, 2.05) is 18.2 Å². The number of nitrogens with one attached hydrogen (secondary N) is 1. The molecular formula is C12H11ClN4O. The fourth-order valence-electron chi connectivity index (χ4n) is 2.17. The maximum absolute atomic E-state index is 11.3. The summed E-state index contributed by atoms with van der Waals surface area (Å²) < 4.78 is 1.73. The summed E-state index contributed by atoms with van der Waals surface area (Å²) in [6.45, 7) is 0. The molecule has 2 heterocycles. The molecule has 0 bridgehead atoms. The van der Waals surface area contributed by atoms with Gasteiger partial charge in [-0.05, 0) is 17.7 Å². The zero-order chi connectivity index (χ0) is 12.9. The van der Waals surface area contributed by atoms with Crippen LogP contribution in [0.4, 0.5) is 11.6 Å². The Hall–Kier alpha value is -2.01. The summed E-state index contributed by atoms with van der Waals surface area (Å²) in [6, 6.07) is 5.71. The van der Waals surface area contributed by atoms with Crippen molar-refractivity contribution in [1.29, 1.82) is 0 Å². The highest BCUT2D eigenvalue weighted by Gasteiger charge is 2.20. The number of benzene rings is 1. The zero-order valence-electron chi connectivity index (χ0n) is 9.70. The number of hydrogen-bond acceptors (Lipinski definition) is 3. The molecule has 6 heteroatoms. The molecule has 3 rings (SSSR count). The van der Waals surface area contributed by atoms with Crippen LogP contribution in [0.5, 0.6) is 0 Å². The SMILES string of the molecule is Cn1c(N)nc(Cl)c1-c1ccc2c(c1)CC(=O)N2. The van der Waals surface area contributed by atoms with E-state index in [1.54, 1.807) is 11.6 Å². The van der Waals surface area contributed by atoms with Crippen LogP contribution in [0.1, 0.15) is 5.56 Å². The number of hydrogen-bond donors (Lipinski definition) is 2. The second kappa shape index (κ2) is 3.74. The molecule has 1 amide bonds. The van der Waals surface area contributed by atoms with Gasteiger partial charge in [-0.15, -0.1) is 0 Å². The highest BCUT2D eigenvalue weighted by molar-refractivity contribution is 6.32. The van der Waals surface area contributed by atoms with Crippen molar-refractivity contribution in [1.82, 2.24) is 9.55 Å². The number of aromatic nitrogens is 2. The first-order valence-electron chi connectivity index (χ1n) is 5.47. The van der Waals surface area contributed by atoms with E-state index in [2.05, 4.69) is 10.3 Å². The summed E-state index contributed by atoms with van der Waals surface area (Å²) in [5.41, 5.74) is 9.20. The van der Waals surface area contributed by atoms with Gasteiger partial charge >= 0.3 is 0 Å². The largest absolute Gasteiger partial charge is 0.369 e. The number of anilines is 2. The fraction of sp³-hybridized carbons (Fsp3) is 0.167. The molecule has 2 aromatic rings. The van der Waals surface area contributed by atoms with Crippen molar-refractivity contribution in [2.45, 2.75) is 6.42 Å². The lowest BCUT2D eigenvalue weighted by Gasteiger charge is -2.06. The summed E-state index contributed by atoms with van der Waals surface area (Å²) in [7, 11) is 1.81. The molecule has 3 N–H and O–H groups in total. The third-order valence-electron chi connectivity index (χ3n) is 3.09. The van der Waals surface area contributed by atoms with Crippen molar-refractivity contribution in [3.8, 4) is 11.3 Å². The number of imidazole rings is 1. The highest BCUT2D eigenvalue weighted by Crippen LogP contribution is 2.33. The maximum atomic E-state index is 11.3. The number of nitrogens with two attached hydrogens (primary N) is 1. The van der Waals surface area contributed by atoms with Gasteiger partial charge in [-0.2, -0.15) is 0 Å². The molecule has 0 radical (unpaired) electrons. The van der Waals surface area contributed by atoms with Crippen molar-refractivity contribution >= 4 is 29.1 Å². The van der Waals surface area contributed by atoms with Crippen LogP contribution in [0.25, 0.3) is 11.3 Å². The summed E-state index contributed by atoms with van der Waals surface area (Å²) in [5, 5.41) is 3.16. The molecule has 5 nitrogen and oxygen atoms in total. The number of amides is 1. The van der Waals surface area contributed by atoms with E-state index in [1.165, 1.54) is 0 Å². The van der Waals surface area contributed by atoms with Gasteiger partial charge in [-0.3, -0.25) is 4.79 Å². The predicted molar refractivity (Wildman–Crippen MR) is 70.4 cm³/mol. The van der Waals surface area contributed by atoms with E-state index in [4.69, 9.17) is 17.3 Å². The van der Waals surface area contributed by atoms with E-state index in [-0.39, 0.29) is 5.91 Å². The second-order valence-corrected chi connectivity index (χ2v) is 4.62. The average Bonchev–Trinajstić information content (AvgIpc) is 2.78. The van der Waals surface area contributed by atoms with Crippen LogP contribution in [0.2, 0.25) is 5.15 Å². The Kier molecular flexibility index (Phi) is 2.31. The molecule has 0 atom stereocenters. The van der Waals surface area contributed by atoms with Gasteiger partial charge in [0.25, 0.3) is 0 Å². The van der Waals surface area contributed by atoms with Crippen LogP contribution < -0.4 is 11.1 Å².